The molecular weight excluding hydrogens is 538 g/mol. The van der Waals surface area contributed by atoms with Crippen molar-refractivity contribution in [3.05, 3.63) is 60.2 Å². The third-order valence-corrected chi connectivity index (χ3v) is 11.3. The number of aliphatic carboxylic acids is 1. The number of hydrogen-bond acceptors (Lipinski definition) is 6. The average Bonchev–Trinajstić information content (AvgIpc) is 3.62. The molecule has 0 bridgehead atoms. The Morgan fingerprint density at radius 1 is 0.860 bits per heavy atom. The Labute approximate surface area is 256 Å². The fourth-order valence-electron chi connectivity index (χ4n) is 9.10. The zero-order valence-corrected chi connectivity index (χ0v) is 25.4. The van der Waals surface area contributed by atoms with Crippen molar-refractivity contribution in [2.75, 3.05) is 55.7 Å². The van der Waals surface area contributed by atoms with E-state index in [1.165, 1.54) is 12.0 Å². The average molecular weight is 586 g/mol. The standard InChI is InChI=1S/C35H47N5O3/c41-33-25-39(38-23-27-21-36-22-28(27)24-38)31-13-7-8-14-32(31)40(33)30-15-18-37(19-16-30)35(34(42)43)17-9-2-1-6-12-29(35)20-26-10-4-3-5-11-26/h3-5,7-8,10-11,13-14,27-30,36H,1-2,6,9,12,15-25H2,(H,42,43). The molecule has 2 aromatic carbocycles. The summed E-state index contributed by atoms with van der Waals surface area (Å²) in [5, 5.41) is 19.1. The molecule has 0 spiro atoms. The van der Waals surface area contributed by atoms with Crippen molar-refractivity contribution in [1.29, 1.82) is 0 Å². The molecular formula is C35H47N5O3. The summed E-state index contributed by atoms with van der Waals surface area (Å²) in [4.78, 5) is 31.6. The minimum Gasteiger partial charge on any atom is -0.480 e. The maximum absolute atomic E-state index is 13.9. The van der Waals surface area contributed by atoms with Crippen LogP contribution in [0.4, 0.5) is 11.4 Å². The van der Waals surface area contributed by atoms with Gasteiger partial charge in [-0.3, -0.25) is 19.5 Å². The SMILES string of the molecule is O=C1CN(N2CC3CNCC3C2)c2ccccc2N1C1CCN(C2(C(=O)O)CCCCCCC2Cc2ccccc2)CC1. The molecule has 4 unspecified atom stereocenters. The van der Waals surface area contributed by atoms with Crippen molar-refractivity contribution in [2.24, 2.45) is 17.8 Å². The van der Waals surface area contributed by atoms with Crippen LogP contribution in [0.15, 0.2) is 54.6 Å². The number of carbonyl (C=O) groups is 2. The number of carboxylic acid groups (broad SMARTS) is 1. The van der Waals surface area contributed by atoms with Crippen LogP contribution in [0, 0.1) is 17.8 Å². The molecule has 4 aliphatic heterocycles. The molecule has 2 aromatic rings. The first kappa shape index (κ1) is 28.8. The summed E-state index contributed by atoms with van der Waals surface area (Å²) in [6.45, 7) is 5.93. The second-order valence-electron chi connectivity index (χ2n) is 13.6. The maximum atomic E-state index is 13.9. The van der Waals surface area contributed by atoms with E-state index in [4.69, 9.17) is 0 Å². The highest BCUT2D eigenvalue weighted by atomic mass is 16.4. The van der Waals surface area contributed by atoms with E-state index in [9.17, 15) is 14.7 Å². The van der Waals surface area contributed by atoms with Gasteiger partial charge in [0.15, 0.2) is 0 Å². The van der Waals surface area contributed by atoms with Crippen LogP contribution in [-0.2, 0) is 16.0 Å². The number of nitrogens with zero attached hydrogens (tertiary/aromatic N) is 4. The zero-order valence-electron chi connectivity index (χ0n) is 25.4. The van der Waals surface area contributed by atoms with Crippen LogP contribution in [-0.4, -0.2) is 84.3 Å². The fraction of sp³-hybridized carbons (Fsp3) is 0.600. The summed E-state index contributed by atoms with van der Waals surface area (Å²) >= 11 is 0. The van der Waals surface area contributed by atoms with Gasteiger partial charge in [0.05, 0.1) is 11.4 Å². The van der Waals surface area contributed by atoms with Gasteiger partial charge in [0, 0.05) is 32.2 Å². The molecule has 1 amide bonds. The van der Waals surface area contributed by atoms with Crippen LogP contribution in [0.3, 0.4) is 0 Å². The minimum atomic E-state index is -0.857. The van der Waals surface area contributed by atoms with E-state index in [1.807, 2.05) is 12.1 Å². The lowest BCUT2D eigenvalue weighted by Crippen LogP contribution is -2.64. The molecule has 0 aromatic heterocycles. The molecule has 7 rings (SSSR count). The van der Waals surface area contributed by atoms with E-state index in [0.29, 0.717) is 37.9 Å². The minimum absolute atomic E-state index is 0.0744. The smallest absolute Gasteiger partial charge is 0.324 e. The largest absolute Gasteiger partial charge is 0.480 e. The van der Waals surface area contributed by atoms with Crippen molar-refractivity contribution < 1.29 is 14.7 Å². The Balaban J connectivity index is 1.11. The van der Waals surface area contributed by atoms with E-state index in [2.05, 4.69) is 67.6 Å². The quantitative estimate of drug-likeness (QED) is 0.520. The molecule has 8 heteroatoms. The maximum Gasteiger partial charge on any atom is 0.324 e. The number of amides is 1. The van der Waals surface area contributed by atoms with Crippen molar-refractivity contribution >= 4 is 23.3 Å². The Bertz CT molecular complexity index is 1290. The number of nitrogens with one attached hydrogen (secondary N) is 1. The Morgan fingerprint density at radius 3 is 2.26 bits per heavy atom. The van der Waals surface area contributed by atoms with E-state index < -0.39 is 11.5 Å². The van der Waals surface area contributed by atoms with E-state index in [1.54, 1.807) is 0 Å². The predicted molar refractivity (Wildman–Crippen MR) is 169 cm³/mol. The Morgan fingerprint density at radius 2 is 1.53 bits per heavy atom. The van der Waals surface area contributed by atoms with Crippen LogP contribution >= 0.6 is 0 Å². The van der Waals surface area contributed by atoms with Gasteiger partial charge in [-0.05, 0) is 80.6 Å². The van der Waals surface area contributed by atoms with Crippen molar-refractivity contribution in [1.82, 2.24) is 15.2 Å². The number of likely N-dealkylation sites (tertiary alicyclic amines) is 1. The van der Waals surface area contributed by atoms with Gasteiger partial charge in [0.25, 0.3) is 0 Å². The normalized spacial score (nSPS) is 31.0. The number of carboxylic acids is 1. The molecule has 0 radical (unpaired) electrons. The zero-order chi connectivity index (χ0) is 29.4. The van der Waals surface area contributed by atoms with Crippen molar-refractivity contribution in [2.45, 2.75) is 69.4 Å². The van der Waals surface area contributed by atoms with Crippen molar-refractivity contribution in [3.63, 3.8) is 0 Å². The summed E-state index contributed by atoms with van der Waals surface area (Å²) in [6.07, 6.45) is 8.39. The molecule has 5 aliphatic rings. The first-order chi connectivity index (χ1) is 21.0. The molecule has 4 fully saturated rings. The highest BCUT2D eigenvalue weighted by Gasteiger charge is 2.51. The highest BCUT2D eigenvalue weighted by Crippen LogP contribution is 2.43. The van der Waals surface area contributed by atoms with Gasteiger partial charge < -0.3 is 15.3 Å². The topological polar surface area (TPSA) is 79.4 Å². The number of fused-ring (bicyclic) bond motifs is 2. The summed E-state index contributed by atoms with van der Waals surface area (Å²) in [7, 11) is 0. The van der Waals surface area contributed by atoms with Crippen LogP contribution in [0.25, 0.3) is 0 Å². The van der Waals surface area contributed by atoms with Gasteiger partial charge in [-0.25, -0.2) is 5.01 Å². The fourth-order valence-corrected chi connectivity index (χ4v) is 9.10. The summed E-state index contributed by atoms with van der Waals surface area (Å²) < 4.78 is 0. The molecule has 1 aliphatic carbocycles. The predicted octanol–water partition coefficient (Wildman–Crippen LogP) is 4.41. The summed E-state index contributed by atoms with van der Waals surface area (Å²) in [6, 6.07) is 18.9. The third-order valence-electron chi connectivity index (χ3n) is 11.3. The number of rotatable bonds is 6. The molecule has 230 valence electrons. The van der Waals surface area contributed by atoms with Crippen LogP contribution in [0.2, 0.25) is 0 Å². The first-order valence-corrected chi connectivity index (χ1v) is 16.7. The second kappa shape index (κ2) is 12.2. The Kier molecular flexibility index (Phi) is 8.18. The number of hydrazine groups is 1. The highest BCUT2D eigenvalue weighted by molar-refractivity contribution is 6.03. The molecule has 3 saturated heterocycles. The Hall–Kier alpha value is -2.94. The molecule has 4 atom stereocenters. The van der Waals surface area contributed by atoms with Crippen molar-refractivity contribution in [3.8, 4) is 0 Å². The van der Waals surface area contributed by atoms with Gasteiger partial charge in [0.2, 0.25) is 5.91 Å². The lowest BCUT2D eigenvalue weighted by molar-refractivity contribution is -0.159. The van der Waals surface area contributed by atoms with Gasteiger partial charge in [-0.2, -0.15) is 0 Å². The number of hydrogen-bond donors (Lipinski definition) is 2. The lowest BCUT2D eigenvalue weighted by atomic mass is 9.70. The van der Waals surface area contributed by atoms with Gasteiger partial charge in [-0.1, -0.05) is 68.1 Å². The number of carbonyl (C=O) groups excluding carboxylic acids is 1. The van der Waals surface area contributed by atoms with E-state index in [-0.39, 0.29) is 17.9 Å². The second-order valence-corrected chi connectivity index (χ2v) is 13.6. The van der Waals surface area contributed by atoms with Gasteiger partial charge in [0.1, 0.15) is 12.1 Å². The summed E-state index contributed by atoms with van der Waals surface area (Å²) in [5.41, 5.74) is 2.51. The summed E-state index contributed by atoms with van der Waals surface area (Å²) in [5.74, 6) is 0.892. The molecule has 43 heavy (non-hydrogen) atoms. The van der Waals surface area contributed by atoms with E-state index >= 15 is 0 Å². The van der Waals surface area contributed by atoms with Gasteiger partial charge in [-0.15, -0.1) is 0 Å². The number of piperidine rings is 1. The first-order valence-electron chi connectivity index (χ1n) is 16.7. The number of para-hydroxylation sites is 2. The monoisotopic (exact) mass is 585 g/mol. The van der Waals surface area contributed by atoms with Gasteiger partial charge >= 0.3 is 5.97 Å². The lowest BCUT2D eigenvalue weighted by Gasteiger charge is -2.51. The van der Waals surface area contributed by atoms with Crippen LogP contribution in [0.5, 0.6) is 0 Å². The molecule has 4 heterocycles. The van der Waals surface area contributed by atoms with Crippen LogP contribution in [0.1, 0.15) is 56.9 Å². The van der Waals surface area contributed by atoms with Crippen LogP contribution < -0.4 is 15.2 Å². The molecule has 8 nitrogen and oxygen atoms in total. The third kappa shape index (κ3) is 5.36. The molecule has 2 N–H and O–H groups in total. The molecule has 1 saturated carbocycles. The number of anilines is 2. The van der Waals surface area contributed by atoms with E-state index in [0.717, 1.165) is 82.5 Å². The number of benzene rings is 2.